The highest BCUT2D eigenvalue weighted by molar-refractivity contribution is 5.88. The first kappa shape index (κ1) is 20.1. The summed E-state index contributed by atoms with van der Waals surface area (Å²) in [5.41, 5.74) is 0. The van der Waals surface area contributed by atoms with E-state index in [4.69, 9.17) is 14.2 Å². The number of ether oxygens (including phenoxy) is 3. The van der Waals surface area contributed by atoms with Gasteiger partial charge in [-0.25, -0.2) is 0 Å². The third-order valence-electron chi connectivity index (χ3n) is 3.63. The lowest BCUT2D eigenvalue weighted by atomic mass is 10.1. The zero-order valence-corrected chi connectivity index (χ0v) is 14.1. The molecule has 0 saturated carbocycles. The Morgan fingerprint density at radius 3 is 2.12 bits per heavy atom. The molecule has 1 rings (SSSR count). The Balaban J connectivity index is 2.76. The quantitative estimate of drug-likeness (QED) is 0.503. The lowest BCUT2D eigenvalue weighted by Gasteiger charge is -2.20. The Morgan fingerprint density at radius 2 is 1.46 bits per heavy atom. The van der Waals surface area contributed by atoms with E-state index in [0.717, 1.165) is 0 Å². The molecule has 0 aromatic carbocycles. The van der Waals surface area contributed by atoms with E-state index in [1.165, 1.54) is 20.8 Å². The molecule has 0 aromatic heterocycles. The minimum Gasteiger partial charge on any atom is -0.462 e. The number of ketones is 1. The number of esters is 3. The first-order chi connectivity index (χ1) is 11.2. The summed E-state index contributed by atoms with van der Waals surface area (Å²) in [7, 11) is 0. The number of hydrogen-bond donors (Lipinski definition) is 1. The summed E-state index contributed by atoms with van der Waals surface area (Å²) in [5, 5.41) is 9.90. The molecule has 0 aromatic rings. The van der Waals surface area contributed by atoms with Crippen LogP contribution in [0, 0.1) is 0 Å². The molecule has 0 radical (unpaired) electrons. The van der Waals surface area contributed by atoms with Crippen LogP contribution in [0.15, 0.2) is 0 Å². The van der Waals surface area contributed by atoms with Gasteiger partial charge in [0.25, 0.3) is 0 Å². The van der Waals surface area contributed by atoms with Crippen LogP contribution in [0.5, 0.6) is 0 Å². The first-order valence-electron chi connectivity index (χ1n) is 7.98. The van der Waals surface area contributed by atoms with Gasteiger partial charge < -0.3 is 19.3 Å². The van der Waals surface area contributed by atoms with Crippen molar-refractivity contribution in [1.82, 2.24) is 0 Å². The summed E-state index contributed by atoms with van der Waals surface area (Å²) in [6.45, 7) is 4.46. The number of hydrogen-bond acceptors (Lipinski definition) is 8. The monoisotopic (exact) mass is 344 g/mol. The fourth-order valence-electron chi connectivity index (χ4n) is 2.14. The molecule has 1 saturated heterocycles. The van der Waals surface area contributed by atoms with Crippen LogP contribution in [-0.2, 0) is 33.4 Å². The maximum absolute atomic E-state index is 11.9. The first-order valence-corrected chi connectivity index (χ1v) is 7.98. The molecule has 136 valence electrons. The van der Waals surface area contributed by atoms with Crippen molar-refractivity contribution in [2.24, 2.45) is 0 Å². The van der Waals surface area contributed by atoms with Crippen LogP contribution in [0.25, 0.3) is 0 Å². The van der Waals surface area contributed by atoms with Gasteiger partial charge in [-0.3, -0.25) is 19.2 Å². The zero-order chi connectivity index (χ0) is 18.3. The van der Waals surface area contributed by atoms with E-state index in [1.54, 1.807) is 0 Å². The van der Waals surface area contributed by atoms with E-state index in [1.807, 2.05) is 0 Å². The molecular formula is C16H24O8. The molecule has 1 aliphatic rings. The van der Waals surface area contributed by atoms with Crippen LogP contribution in [0.2, 0.25) is 0 Å². The topological polar surface area (TPSA) is 116 Å². The second kappa shape index (κ2) is 9.36. The minimum absolute atomic E-state index is 0.0560. The van der Waals surface area contributed by atoms with Gasteiger partial charge in [0.15, 0.2) is 11.9 Å². The number of rotatable bonds is 0. The Bertz CT molecular complexity index is 486. The number of Topliss-reactive ketones (excluding diaryl/α,β-unsaturated/α-hetero) is 1. The molecule has 0 aliphatic carbocycles. The molecular weight excluding hydrogens is 320 g/mol. The third kappa shape index (κ3) is 7.08. The molecule has 0 amide bonds. The number of carbonyl (C=O) groups excluding carboxylic acids is 4. The van der Waals surface area contributed by atoms with Crippen molar-refractivity contribution in [3.63, 3.8) is 0 Å². The molecule has 1 fully saturated rings. The van der Waals surface area contributed by atoms with Crippen molar-refractivity contribution in [2.75, 3.05) is 0 Å². The maximum atomic E-state index is 11.9. The van der Waals surface area contributed by atoms with Crippen molar-refractivity contribution in [1.29, 1.82) is 0 Å². The molecule has 0 unspecified atom stereocenters. The van der Waals surface area contributed by atoms with Crippen molar-refractivity contribution in [2.45, 2.75) is 77.3 Å². The summed E-state index contributed by atoms with van der Waals surface area (Å²) < 4.78 is 15.0. The summed E-state index contributed by atoms with van der Waals surface area (Å²) in [6.07, 6.45) is -4.01. The Labute approximate surface area is 140 Å². The maximum Gasteiger partial charge on any atom is 0.310 e. The van der Waals surface area contributed by atoms with Crippen molar-refractivity contribution in [3.05, 3.63) is 0 Å². The lowest BCUT2D eigenvalue weighted by Crippen LogP contribution is -2.31. The van der Waals surface area contributed by atoms with Crippen LogP contribution < -0.4 is 0 Å². The van der Waals surface area contributed by atoms with Crippen molar-refractivity contribution >= 4 is 23.7 Å². The Kier molecular flexibility index (Phi) is 7.84. The van der Waals surface area contributed by atoms with Crippen LogP contribution in [0.1, 0.15) is 52.9 Å². The van der Waals surface area contributed by atoms with Gasteiger partial charge in [0.05, 0.1) is 18.9 Å². The van der Waals surface area contributed by atoms with Crippen LogP contribution >= 0.6 is 0 Å². The molecule has 8 heteroatoms. The second-order valence-corrected chi connectivity index (χ2v) is 5.90. The second-order valence-electron chi connectivity index (χ2n) is 5.90. The molecule has 1 N–H and O–H groups in total. The van der Waals surface area contributed by atoms with Gasteiger partial charge in [-0.1, -0.05) is 0 Å². The van der Waals surface area contributed by atoms with E-state index in [9.17, 15) is 24.3 Å². The summed E-state index contributed by atoms with van der Waals surface area (Å²) >= 11 is 0. The highest BCUT2D eigenvalue weighted by Crippen LogP contribution is 2.12. The molecule has 0 spiro atoms. The Hall–Kier alpha value is -1.96. The summed E-state index contributed by atoms with van der Waals surface area (Å²) in [5.74, 6) is -2.30. The predicted molar refractivity (Wildman–Crippen MR) is 80.8 cm³/mol. The van der Waals surface area contributed by atoms with E-state index in [2.05, 4.69) is 0 Å². The highest BCUT2D eigenvalue weighted by Gasteiger charge is 2.25. The van der Waals surface area contributed by atoms with Gasteiger partial charge in [-0.15, -0.1) is 0 Å². The van der Waals surface area contributed by atoms with Gasteiger partial charge in [-0.05, 0) is 27.2 Å². The van der Waals surface area contributed by atoms with Gasteiger partial charge >= 0.3 is 17.9 Å². The molecule has 24 heavy (non-hydrogen) atoms. The third-order valence-corrected chi connectivity index (χ3v) is 3.63. The standard InChI is InChI=1S/C16H24O8/c1-9-8-16(21)24-11(3)13(18)5-7-15(20)23-10(2)12(17)4-6-14(19)22-9/h9-12,17H,4-8H2,1-3H3/t9-,10+,11+,12-/m1/s1. The molecule has 8 nitrogen and oxygen atoms in total. The van der Waals surface area contributed by atoms with Crippen molar-refractivity contribution < 1.29 is 38.5 Å². The molecule has 0 bridgehead atoms. The minimum atomic E-state index is -1.02. The predicted octanol–water partition coefficient (Wildman–Crippen LogP) is 0.676. The fraction of sp³-hybridized carbons (Fsp3) is 0.750. The average molecular weight is 344 g/mol. The van der Waals surface area contributed by atoms with Crippen LogP contribution in [0.4, 0.5) is 0 Å². The molecule has 4 atom stereocenters. The fourth-order valence-corrected chi connectivity index (χ4v) is 2.14. The van der Waals surface area contributed by atoms with E-state index in [-0.39, 0.29) is 32.1 Å². The highest BCUT2D eigenvalue weighted by atomic mass is 16.6. The largest absolute Gasteiger partial charge is 0.462 e. The van der Waals surface area contributed by atoms with Gasteiger partial charge in [-0.2, -0.15) is 0 Å². The van der Waals surface area contributed by atoms with Gasteiger partial charge in [0.1, 0.15) is 12.2 Å². The normalized spacial score (nSPS) is 31.8. The molecule has 1 aliphatic heterocycles. The van der Waals surface area contributed by atoms with E-state index >= 15 is 0 Å². The van der Waals surface area contributed by atoms with Crippen LogP contribution in [-0.4, -0.2) is 53.2 Å². The number of aliphatic hydroxyl groups is 1. The average Bonchev–Trinajstić information content (AvgIpc) is 2.48. The van der Waals surface area contributed by atoms with Gasteiger partial charge in [0, 0.05) is 12.8 Å². The van der Waals surface area contributed by atoms with E-state index < -0.39 is 48.1 Å². The van der Waals surface area contributed by atoms with E-state index in [0.29, 0.717) is 0 Å². The smallest absolute Gasteiger partial charge is 0.310 e. The summed E-state index contributed by atoms with van der Waals surface area (Å²) in [6, 6.07) is 0. The number of aliphatic hydroxyl groups excluding tert-OH is 1. The lowest BCUT2D eigenvalue weighted by molar-refractivity contribution is -0.161. The summed E-state index contributed by atoms with van der Waals surface area (Å²) in [4.78, 5) is 46.9. The molecule has 1 heterocycles. The zero-order valence-electron chi connectivity index (χ0n) is 14.1. The number of carbonyl (C=O) groups is 4. The van der Waals surface area contributed by atoms with Crippen LogP contribution in [0.3, 0.4) is 0 Å². The van der Waals surface area contributed by atoms with Gasteiger partial charge in [0.2, 0.25) is 0 Å². The SMILES string of the molecule is C[C@@H]1CC(=O)O[C@@H](C)C(=O)CCC(=O)O[C@@H](C)[C@H](O)CCC(=O)O1. The number of cyclic esters (lactones) is 3. The van der Waals surface area contributed by atoms with Crippen molar-refractivity contribution in [3.8, 4) is 0 Å². The Morgan fingerprint density at radius 1 is 0.833 bits per heavy atom.